The molecule has 4 unspecified atom stereocenters. The second-order valence-electron chi connectivity index (χ2n) is 8.27. The Hall–Kier alpha value is -1.31. The standard InChI is InChI=1S/C18H25NO.C3H8/c1-13-8-14-10-17(2,16(19)20)12-18(9-13,11-14)15-6-4-3-5-7-15;1-3-2/h3-7,13-14H,8-12H2,1-2H3,(H2,19,20);3H2,1-2H3. The smallest absolute Gasteiger partial charge is 0.223 e. The van der Waals surface area contributed by atoms with Crippen LogP contribution < -0.4 is 5.73 Å². The van der Waals surface area contributed by atoms with Gasteiger partial charge < -0.3 is 5.73 Å². The van der Waals surface area contributed by atoms with E-state index in [1.807, 2.05) is 0 Å². The van der Waals surface area contributed by atoms with E-state index in [0.717, 1.165) is 18.8 Å². The zero-order chi connectivity index (χ0) is 17.1. The number of fused-ring (bicyclic) bond motifs is 2. The van der Waals surface area contributed by atoms with Crippen molar-refractivity contribution in [2.75, 3.05) is 0 Å². The number of carbonyl (C=O) groups is 1. The molecule has 0 radical (unpaired) electrons. The lowest BCUT2D eigenvalue weighted by molar-refractivity contribution is -0.133. The third kappa shape index (κ3) is 3.79. The second-order valence-corrected chi connectivity index (χ2v) is 8.27. The molecule has 2 N–H and O–H groups in total. The van der Waals surface area contributed by atoms with Gasteiger partial charge in [-0.05, 0) is 54.9 Å². The van der Waals surface area contributed by atoms with Crippen molar-refractivity contribution in [1.29, 1.82) is 0 Å². The molecule has 2 bridgehead atoms. The minimum absolute atomic E-state index is 0.114. The van der Waals surface area contributed by atoms with E-state index in [-0.39, 0.29) is 16.7 Å². The van der Waals surface area contributed by atoms with Gasteiger partial charge in [-0.1, -0.05) is 64.4 Å². The Kier molecular flexibility index (Phi) is 5.54. The number of carbonyl (C=O) groups excluding carboxylic acids is 1. The summed E-state index contributed by atoms with van der Waals surface area (Å²) in [6, 6.07) is 10.8. The Balaban J connectivity index is 0.000000595. The molecular formula is C21H33NO. The molecule has 2 fully saturated rings. The molecule has 0 saturated heterocycles. The third-order valence-corrected chi connectivity index (χ3v) is 5.60. The van der Waals surface area contributed by atoms with Crippen LogP contribution in [-0.4, -0.2) is 5.91 Å². The SMILES string of the molecule is CC1CC2CC(C)(C(N)=O)CC(c3ccccc3)(C1)C2.CCC. The molecule has 0 spiro atoms. The van der Waals surface area contributed by atoms with Gasteiger partial charge in [0.05, 0.1) is 0 Å². The Morgan fingerprint density at radius 3 is 2.35 bits per heavy atom. The van der Waals surface area contributed by atoms with Crippen molar-refractivity contribution in [3.8, 4) is 0 Å². The van der Waals surface area contributed by atoms with Crippen LogP contribution in [0, 0.1) is 17.3 Å². The topological polar surface area (TPSA) is 43.1 Å². The maximum absolute atomic E-state index is 12.0. The van der Waals surface area contributed by atoms with Crippen molar-refractivity contribution in [2.45, 2.75) is 71.6 Å². The first-order valence-electron chi connectivity index (χ1n) is 9.20. The average Bonchev–Trinajstić information content (AvgIpc) is 2.47. The molecule has 4 atom stereocenters. The molecule has 23 heavy (non-hydrogen) atoms. The minimum atomic E-state index is -0.334. The first-order chi connectivity index (χ1) is 10.8. The number of primary amides is 1. The number of benzene rings is 1. The van der Waals surface area contributed by atoms with Gasteiger partial charge in [0, 0.05) is 5.41 Å². The summed E-state index contributed by atoms with van der Waals surface area (Å²) in [5.41, 5.74) is 6.97. The quantitative estimate of drug-likeness (QED) is 0.814. The summed E-state index contributed by atoms with van der Waals surface area (Å²) >= 11 is 0. The molecule has 0 heterocycles. The highest BCUT2D eigenvalue weighted by atomic mass is 16.1. The van der Waals surface area contributed by atoms with Crippen LogP contribution in [-0.2, 0) is 10.2 Å². The van der Waals surface area contributed by atoms with Crippen LogP contribution in [0.5, 0.6) is 0 Å². The van der Waals surface area contributed by atoms with Gasteiger partial charge in [0.1, 0.15) is 0 Å². The fourth-order valence-electron chi connectivity index (χ4n) is 5.11. The molecule has 2 saturated carbocycles. The molecule has 3 rings (SSSR count). The molecule has 1 aromatic rings. The van der Waals surface area contributed by atoms with Gasteiger partial charge in [-0.3, -0.25) is 4.79 Å². The van der Waals surface area contributed by atoms with Crippen molar-refractivity contribution in [2.24, 2.45) is 23.0 Å². The monoisotopic (exact) mass is 315 g/mol. The van der Waals surface area contributed by atoms with Crippen molar-refractivity contribution in [3.05, 3.63) is 35.9 Å². The number of hydrogen-bond donors (Lipinski definition) is 1. The lowest BCUT2D eigenvalue weighted by Gasteiger charge is -2.53. The molecule has 2 nitrogen and oxygen atoms in total. The maximum atomic E-state index is 12.0. The summed E-state index contributed by atoms with van der Waals surface area (Å²) in [4.78, 5) is 12.0. The van der Waals surface area contributed by atoms with Crippen molar-refractivity contribution >= 4 is 5.91 Å². The zero-order valence-electron chi connectivity index (χ0n) is 15.3. The van der Waals surface area contributed by atoms with Crippen LogP contribution in [0.15, 0.2) is 30.3 Å². The van der Waals surface area contributed by atoms with Crippen molar-refractivity contribution < 1.29 is 4.79 Å². The number of rotatable bonds is 2. The van der Waals surface area contributed by atoms with Crippen LogP contribution in [0.4, 0.5) is 0 Å². The largest absolute Gasteiger partial charge is 0.369 e. The van der Waals surface area contributed by atoms with Gasteiger partial charge in [0.2, 0.25) is 5.91 Å². The van der Waals surface area contributed by atoms with E-state index in [0.29, 0.717) is 5.92 Å². The van der Waals surface area contributed by atoms with E-state index in [2.05, 4.69) is 58.0 Å². The third-order valence-electron chi connectivity index (χ3n) is 5.60. The van der Waals surface area contributed by atoms with Crippen LogP contribution in [0.1, 0.15) is 71.8 Å². The summed E-state index contributed by atoms with van der Waals surface area (Å²) in [5.74, 6) is 1.27. The first-order valence-corrected chi connectivity index (χ1v) is 9.20. The lowest BCUT2D eigenvalue weighted by Crippen LogP contribution is -2.51. The first kappa shape index (κ1) is 18.0. The van der Waals surface area contributed by atoms with Crippen LogP contribution in [0.3, 0.4) is 0 Å². The van der Waals surface area contributed by atoms with Crippen LogP contribution >= 0.6 is 0 Å². The highest BCUT2D eigenvalue weighted by Crippen LogP contribution is 2.57. The van der Waals surface area contributed by atoms with Crippen LogP contribution in [0.2, 0.25) is 0 Å². The predicted molar refractivity (Wildman–Crippen MR) is 97.1 cm³/mol. The normalized spacial score (nSPS) is 35.8. The molecule has 2 aliphatic carbocycles. The molecule has 2 aliphatic rings. The average molecular weight is 316 g/mol. The highest BCUT2D eigenvalue weighted by molar-refractivity contribution is 5.80. The van der Waals surface area contributed by atoms with E-state index in [9.17, 15) is 4.79 Å². The lowest BCUT2D eigenvalue weighted by atomic mass is 9.50. The van der Waals surface area contributed by atoms with Crippen LogP contribution in [0.25, 0.3) is 0 Å². The Bertz CT molecular complexity index is 522. The summed E-state index contributed by atoms with van der Waals surface area (Å²) in [7, 11) is 0. The van der Waals surface area contributed by atoms with Crippen molar-refractivity contribution in [3.63, 3.8) is 0 Å². The number of hydrogen-bond acceptors (Lipinski definition) is 1. The van der Waals surface area contributed by atoms with Gasteiger partial charge in [-0.2, -0.15) is 0 Å². The summed E-state index contributed by atoms with van der Waals surface area (Å²) in [6.45, 7) is 8.69. The maximum Gasteiger partial charge on any atom is 0.223 e. The molecular weight excluding hydrogens is 282 g/mol. The van der Waals surface area contributed by atoms with Gasteiger partial charge in [-0.25, -0.2) is 0 Å². The molecule has 1 amide bonds. The minimum Gasteiger partial charge on any atom is -0.369 e. The second kappa shape index (κ2) is 7.07. The van der Waals surface area contributed by atoms with Gasteiger partial charge in [-0.15, -0.1) is 0 Å². The summed E-state index contributed by atoms with van der Waals surface area (Å²) < 4.78 is 0. The predicted octanol–water partition coefficient (Wildman–Crippen LogP) is 5.06. The van der Waals surface area contributed by atoms with Crippen molar-refractivity contribution in [1.82, 2.24) is 0 Å². The Morgan fingerprint density at radius 2 is 1.78 bits per heavy atom. The van der Waals surface area contributed by atoms with E-state index >= 15 is 0 Å². The molecule has 128 valence electrons. The Morgan fingerprint density at radius 1 is 1.17 bits per heavy atom. The van der Waals surface area contributed by atoms with E-state index in [1.165, 1.54) is 31.2 Å². The van der Waals surface area contributed by atoms with E-state index in [1.54, 1.807) is 0 Å². The van der Waals surface area contributed by atoms with Gasteiger partial charge in [0.15, 0.2) is 0 Å². The Labute approximate surface area is 141 Å². The number of amides is 1. The van der Waals surface area contributed by atoms with Gasteiger partial charge in [0.25, 0.3) is 0 Å². The van der Waals surface area contributed by atoms with E-state index in [4.69, 9.17) is 5.73 Å². The van der Waals surface area contributed by atoms with Gasteiger partial charge >= 0.3 is 0 Å². The fourth-order valence-corrected chi connectivity index (χ4v) is 5.11. The zero-order valence-corrected chi connectivity index (χ0v) is 15.3. The fraction of sp³-hybridized carbons (Fsp3) is 0.667. The molecule has 0 aliphatic heterocycles. The molecule has 2 heteroatoms. The van der Waals surface area contributed by atoms with E-state index < -0.39 is 0 Å². The molecule has 1 aromatic carbocycles. The molecule has 0 aromatic heterocycles. The highest BCUT2D eigenvalue weighted by Gasteiger charge is 2.52. The summed E-state index contributed by atoms with van der Waals surface area (Å²) in [6.07, 6.45) is 6.81. The number of nitrogens with two attached hydrogens (primary N) is 1. The summed E-state index contributed by atoms with van der Waals surface area (Å²) in [5, 5.41) is 0.